The maximum atomic E-state index is 12.0. The molecular formula is C14H11N3O4. The molecule has 106 valence electrons. The zero-order valence-corrected chi connectivity index (χ0v) is 11.1. The van der Waals surface area contributed by atoms with Crippen molar-refractivity contribution in [3.05, 3.63) is 47.3 Å². The Morgan fingerprint density at radius 2 is 2.29 bits per heavy atom. The normalized spacial score (nSPS) is 9.71. The summed E-state index contributed by atoms with van der Waals surface area (Å²) in [6, 6.07) is 7.98. The van der Waals surface area contributed by atoms with Gasteiger partial charge in [-0.1, -0.05) is 6.07 Å². The van der Waals surface area contributed by atoms with Crippen molar-refractivity contribution in [3.8, 4) is 6.07 Å². The Hall–Kier alpha value is -3.14. The van der Waals surface area contributed by atoms with Crippen LogP contribution in [0.3, 0.4) is 0 Å². The molecule has 0 radical (unpaired) electrons. The van der Waals surface area contributed by atoms with E-state index in [0.29, 0.717) is 5.56 Å². The van der Waals surface area contributed by atoms with Crippen molar-refractivity contribution in [2.45, 2.75) is 6.92 Å². The summed E-state index contributed by atoms with van der Waals surface area (Å²) in [4.78, 5) is 27.2. The summed E-state index contributed by atoms with van der Waals surface area (Å²) in [6.45, 7) is 1.89. The first-order chi connectivity index (χ1) is 10.1. The molecule has 2 aromatic rings. The summed E-state index contributed by atoms with van der Waals surface area (Å²) in [5.41, 5.74) is 0.616. The molecule has 1 amide bonds. The number of anilines is 1. The molecule has 7 nitrogen and oxygen atoms in total. The van der Waals surface area contributed by atoms with Gasteiger partial charge in [0.1, 0.15) is 6.26 Å². The van der Waals surface area contributed by atoms with Crippen LogP contribution in [-0.4, -0.2) is 23.5 Å². The third-order valence-electron chi connectivity index (χ3n) is 2.46. The lowest BCUT2D eigenvalue weighted by Gasteiger charge is -2.00. The topological polar surface area (TPSA) is 105 Å². The quantitative estimate of drug-likeness (QED) is 0.861. The molecule has 1 heterocycles. The average molecular weight is 285 g/mol. The summed E-state index contributed by atoms with van der Waals surface area (Å²) in [6.07, 6.45) is 1.10. The third kappa shape index (κ3) is 3.45. The fourth-order valence-corrected chi connectivity index (χ4v) is 1.53. The van der Waals surface area contributed by atoms with E-state index in [0.717, 1.165) is 6.26 Å². The summed E-state index contributed by atoms with van der Waals surface area (Å²) in [7, 11) is 0. The van der Waals surface area contributed by atoms with Gasteiger partial charge in [0.2, 0.25) is 0 Å². The fourth-order valence-electron chi connectivity index (χ4n) is 1.53. The Labute approximate surface area is 120 Å². The van der Waals surface area contributed by atoms with Gasteiger partial charge in [0.25, 0.3) is 5.91 Å². The molecule has 1 aromatic carbocycles. The molecule has 0 saturated carbocycles. The van der Waals surface area contributed by atoms with Crippen LogP contribution < -0.4 is 5.32 Å². The molecule has 0 saturated heterocycles. The molecule has 0 fully saturated rings. The Bertz CT molecular complexity index is 715. The number of nitriles is 1. The fraction of sp³-hybridized carbons (Fsp3) is 0.143. The van der Waals surface area contributed by atoms with E-state index < -0.39 is 11.9 Å². The summed E-state index contributed by atoms with van der Waals surface area (Å²) < 4.78 is 9.72. The van der Waals surface area contributed by atoms with Crippen molar-refractivity contribution in [1.29, 1.82) is 5.26 Å². The van der Waals surface area contributed by atoms with Crippen LogP contribution in [-0.2, 0) is 4.74 Å². The maximum absolute atomic E-state index is 12.0. The van der Waals surface area contributed by atoms with Crippen LogP contribution in [0.25, 0.3) is 0 Å². The van der Waals surface area contributed by atoms with Crippen LogP contribution in [0.15, 0.2) is 34.9 Å². The van der Waals surface area contributed by atoms with E-state index in [9.17, 15) is 9.59 Å². The van der Waals surface area contributed by atoms with E-state index in [2.05, 4.69) is 10.3 Å². The molecule has 0 aliphatic carbocycles. The molecule has 1 N–H and O–H groups in total. The highest BCUT2D eigenvalue weighted by molar-refractivity contribution is 6.03. The minimum atomic E-state index is -0.631. The largest absolute Gasteiger partial charge is 0.461 e. The molecule has 0 unspecified atom stereocenters. The summed E-state index contributed by atoms with van der Waals surface area (Å²) >= 11 is 0. The molecule has 21 heavy (non-hydrogen) atoms. The number of amides is 1. The number of esters is 1. The molecule has 0 bridgehead atoms. The van der Waals surface area contributed by atoms with Crippen molar-refractivity contribution in [3.63, 3.8) is 0 Å². The highest BCUT2D eigenvalue weighted by Crippen LogP contribution is 2.11. The van der Waals surface area contributed by atoms with E-state index in [1.165, 1.54) is 6.07 Å². The van der Waals surface area contributed by atoms with Crippen molar-refractivity contribution in [2.75, 3.05) is 11.9 Å². The number of nitrogens with one attached hydrogen (secondary N) is 1. The Kier molecular flexibility index (Phi) is 4.31. The van der Waals surface area contributed by atoms with Gasteiger partial charge >= 0.3 is 12.0 Å². The first kappa shape index (κ1) is 14.3. The maximum Gasteiger partial charge on any atom is 0.360 e. The molecule has 7 heteroatoms. The highest BCUT2D eigenvalue weighted by atomic mass is 16.5. The minimum Gasteiger partial charge on any atom is -0.461 e. The highest BCUT2D eigenvalue weighted by Gasteiger charge is 2.15. The number of nitrogens with zero attached hydrogens (tertiary/aromatic N) is 2. The second-order valence-electron chi connectivity index (χ2n) is 3.91. The molecule has 0 aliphatic heterocycles. The van der Waals surface area contributed by atoms with Gasteiger partial charge in [-0.05, 0) is 25.1 Å². The van der Waals surface area contributed by atoms with Crippen molar-refractivity contribution in [1.82, 2.24) is 4.98 Å². The third-order valence-corrected chi connectivity index (χ3v) is 2.46. The van der Waals surface area contributed by atoms with Crippen LogP contribution in [0.4, 0.5) is 6.01 Å². The number of rotatable bonds is 4. The number of aromatic nitrogens is 1. The molecular weight excluding hydrogens is 274 g/mol. The van der Waals surface area contributed by atoms with E-state index in [1.807, 2.05) is 6.07 Å². The van der Waals surface area contributed by atoms with Crippen molar-refractivity contribution in [2.24, 2.45) is 0 Å². The first-order valence-electron chi connectivity index (χ1n) is 6.08. The van der Waals surface area contributed by atoms with Gasteiger partial charge in [-0.25, -0.2) is 4.79 Å². The van der Waals surface area contributed by atoms with Crippen LogP contribution in [0.5, 0.6) is 0 Å². The lowest BCUT2D eigenvalue weighted by atomic mass is 10.1. The Morgan fingerprint density at radius 3 is 3.00 bits per heavy atom. The first-order valence-corrected chi connectivity index (χ1v) is 6.08. The predicted molar refractivity (Wildman–Crippen MR) is 71.6 cm³/mol. The van der Waals surface area contributed by atoms with E-state index >= 15 is 0 Å². The number of ether oxygens (including phenoxy) is 1. The molecule has 2 rings (SSSR count). The second-order valence-corrected chi connectivity index (χ2v) is 3.91. The Balaban J connectivity index is 2.09. The predicted octanol–water partition coefficient (Wildman–Crippen LogP) is 1.98. The zero-order valence-electron chi connectivity index (χ0n) is 11.1. The van der Waals surface area contributed by atoms with Gasteiger partial charge in [0, 0.05) is 5.56 Å². The van der Waals surface area contributed by atoms with Crippen LogP contribution in [0.2, 0.25) is 0 Å². The zero-order chi connectivity index (χ0) is 15.2. The van der Waals surface area contributed by atoms with Gasteiger partial charge < -0.3 is 9.15 Å². The number of carbonyl (C=O) groups excluding carboxylic acids is 2. The summed E-state index contributed by atoms with van der Waals surface area (Å²) in [5, 5.41) is 11.2. The average Bonchev–Trinajstić information content (AvgIpc) is 2.96. The van der Waals surface area contributed by atoms with E-state index in [-0.39, 0.29) is 23.9 Å². The number of benzene rings is 1. The van der Waals surface area contributed by atoms with E-state index in [1.54, 1.807) is 25.1 Å². The number of carbonyl (C=O) groups is 2. The van der Waals surface area contributed by atoms with Gasteiger partial charge in [0.05, 0.1) is 18.2 Å². The monoisotopic (exact) mass is 285 g/mol. The van der Waals surface area contributed by atoms with Gasteiger partial charge in [-0.2, -0.15) is 10.2 Å². The standard InChI is InChI=1S/C14H11N3O4/c1-2-20-13(19)11-8-21-14(16-11)17-12(18)10-5-3-4-9(6-10)7-15/h3-6,8H,2H2,1H3,(H,16,17,18). The van der Waals surface area contributed by atoms with Crippen LogP contribution in [0, 0.1) is 11.3 Å². The lowest BCUT2D eigenvalue weighted by molar-refractivity contribution is 0.0519. The molecule has 0 atom stereocenters. The lowest BCUT2D eigenvalue weighted by Crippen LogP contribution is -2.12. The Morgan fingerprint density at radius 1 is 1.48 bits per heavy atom. The molecule has 1 aromatic heterocycles. The van der Waals surface area contributed by atoms with Crippen LogP contribution in [0.1, 0.15) is 33.3 Å². The molecule has 0 spiro atoms. The molecule has 0 aliphatic rings. The second kappa shape index (κ2) is 6.34. The van der Waals surface area contributed by atoms with Gasteiger partial charge in [0.15, 0.2) is 5.69 Å². The van der Waals surface area contributed by atoms with Crippen molar-refractivity contribution < 1.29 is 18.7 Å². The smallest absolute Gasteiger partial charge is 0.360 e. The van der Waals surface area contributed by atoms with E-state index in [4.69, 9.17) is 14.4 Å². The number of oxazole rings is 1. The van der Waals surface area contributed by atoms with Gasteiger partial charge in [-0.3, -0.25) is 10.1 Å². The van der Waals surface area contributed by atoms with Crippen molar-refractivity contribution >= 4 is 17.9 Å². The minimum absolute atomic E-state index is 0.0297. The summed E-state index contributed by atoms with van der Waals surface area (Å²) in [5.74, 6) is -1.13. The number of hydrogen-bond donors (Lipinski definition) is 1. The SMILES string of the molecule is CCOC(=O)c1coc(NC(=O)c2cccc(C#N)c2)n1. The van der Waals surface area contributed by atoms with Gasteiger partial charge in [-0.15, -0.1) is 0 Å². The number of hydrogen-bond acceptors (Lipinski definition) is 6. The van der Waals surface area contributed by atoms with Crippen LogP contribution >= 0.6 is 0 Å².